The number of esters is 1. The van der Waals surface area contributed by atoms with Gasteiger partial charge in [-0.3, -0.25) is 9.59 Å². The Bertz CT molecular complexity index is 1020. The van der Waals surface area contributed by atoms with Crippen molar-refractivity contribution in [1.82, 2.24) is 0 Å². The second-order valence-corrected chi connectivity index (χ2v) is 7.86. The Labute approximate surface area is 176 Å². The number of rotatable bonds is 5. The van der Waals surface area contributed by atoms with E-state index in [-0.39, 0.29) is 24.1 Å². The highest BCUT2D eigenvalue weighted by Crippen LogP contribution is 2.36. The number of hydrogen-bond acceptors (Lipinski definition) is 5. The van der Waals surface area contributed by atoms with Crippen molar-refractivity contribution >= 4 is 23.3 Å². The van der Waals surface area contributed by atoms with Gasteiger partial charge in [0.15, 0.2) is 5.78 Å². The molecule has 2 N–H and O–H groups in total. The third-order valence-electron chi connectivity index (χ3n) is 5.45. The van der Waals surface area contributed by atoms with Crippen LogP contribution < -0.4 is 5.32 Å². The third kappa shape index (κ3) is 4.08. The van der Waals surface area contributed by atoms with Gasteiger partial charge in [-0.15, -0.1) is 0 Å². The van der Waals surface area contributed by atoms with E-state index in [1.165, 1.54) is 0 Å². The van der Waals surface area contributed by atoms with E-state index in [4.69, 9.17) is 4.74 Å². The number of amides is 1. The smallest absolute Gasteiger partial charge is 0.397 e. The number of ether oxygens (including phenoxy) is 1. The van der Waals surface area contributed by atoms with E-state index in [9.17, 15) is 19.5 Å². The molecule has 3 rings (SSSR count). The molecule has 0 saturated heterocycles. The minimum absolute atomic E-state index is 0.0880. The summed E-state index contributed by atoms with van der Waals surface area (Å²) < 4.78 is 4.76. The van der Waals surface area contributed by atoms with Crippen LogP contribution in [-0.4, -0.2) is 29.4 Å². The summed E-state index contributed by atoms with van der Waals surface area (Å²) in [7, 11) is 0. The van der Waals surface area contributed by atoms with Crippen LogP contribution in [0.25, 0.3) is 0 Å². The average molecular weight is 409 g/mol. The number of phenolic OH excluding ortho intramolecular Hbond substituents is 1. The van der Waals surface area contributed by atoms with Crippen molar-refractivity contribution in [3.05, 3.63) is 57.6 Å². The van der Waals surface area contributed by atoms with Crippen LogP contribution >= 0.6 is 0 Å². The summed E-state index contributed by atoms with van der Waals surface area (Å²) in [5, 5.41) is 12.7. The summed E-state index contributed by atoms with van der Waals surface area (Å²) in [6.45, 7) is 7.53. The Morgan fingerprint density at radius 2 is 1.83 bits per heavy atom. The zero-order valence-corrected chi connectivity index (χ0v) is 17.8. The fourth-order valence-corrected chi connectivity index (χ4v) is 4.03. The number of carbonyl (C=O) groups excluding carboxylic acids is 3. The molecule has 2 aromatic carbocycles. The maximum absolute atomic E-state index is 13.4. The van der Waals surface area contributed by atoms with E-state index in [0.717, 1.165) is 41.5 Å². The molecule has 0 aliphatic heterocycles. The van der Waals surface area contributed by atoms with Gasteiger partial charge in [-0.05, 0) is 85.5 Å². The van der Waals surface area contributed by atoms with Crippen LogP contribution in [-0.2, 0) is 27.2 Å². The van der Waals surface area contributed by atoms with E-state index >= 15 is 0 Å². The molecule has 158 valence electrons. The predicted octanol–water partition coefficient (Wildman–Crippen LogP) is 4.05. The Hall–Kier alpha value is -3.15. The fraction of sp³-hybridized carbons (Fsp3) is 0.375. The minimum Gasteiger partial charge on any atom is -0.508 e. The maximum Gasteiger partial charge on any atom is 0.397 e. The molecule has 6 heteroatoms. The first-order chi connectivity index (χ1) is 14.2. The summed E-state index contributed by atoms with van der Waals surface area (Å²) in [6.07, 6.45) is 2.32. The second kappa shape index (κ2) is 8.69. The van der Waals surface area contributed by atoms with Crippen molar-refractivity contribution < 1.29 is 24.2 Å². The lowest BCUT2D eigenvalue weighted by molar-refractivity contribution is -0.152. The number of anilines is 1. The molecule has 0 unspecified atom stereocenters. The Morgan fingerprint density at radius 1 is 1.13 bits per heavy atom. The van der Waals surface area contributed by atoms with Gasteiger partial charge in [0.1, 0.15) is 5.75 Å². The minimum atomic E-state index is -0.924. The lowest BCUT2D eigenvalue weighted by Crippen LogP contribution is -2.26. The van der Waals surface area contributed by atoms with Gasteiger partial charge >= 0.3 is 11.9 Å². The van der Waals surface area contributed by atoms with E-state index in [2.05, 4.69) is 5.32 Å². The van der Waals surface area contributed by atoms with Crippen molar-refractivity contribution in [2.75, 3.05) is 11.9 Å². The van der Waals surface area contributed by atoms with Crippen LogP contribution in [0.2, 0.25) is 0 Å². The van der Waals surface area contributed by atoms with Gasteiger partial charge in [0.05, 0.1) is 6.61 Å². The number of hydrogen-bond donors (Lipinski definition) is 2. The van der Waals surface area contributed by atoms with Gasteiger partial charge < -0.3 is 15.2 Å². The molecule has 0 aromatic heterocycles. The molecule has 0 atom stereocenters. The molecule has 6 nitrogen and oxygen atoms in total. The first kappa shape index (κ1) is 21.6. The van der Waals surface area contributed by atoms with E-state index in [1.54, 1.807) is 31.2 Å². The van der Waals surface area contributed by atoms with Crippen molar-refractivity contribution in [1.29, 1.82) is 0 Å². The summed E-state index contributed by atoms with van der Waals surface area (Å²) in [5.74, 6) is -1.57. The number of nitrogens with one attached hydrogen (secondary N) is 1. The van der Waals surface area contributed by atoms with E-state index in [0.29, 0.717) is 16.8 Å². The molecular weight excluding hydrogens is 382 g/mol. The van der Waals surface area contributed by atoms with Gasteiger partial charge in [0.2, 0.25) is 0 Å². The molecule has 2 aromatic rings. The second-order valence-electron chi connectivity index (χ2n) is 7.86. The zero-order valence-electron chi connectivity index (χ0n) is 17.8. The van der Waals surface area contributed by atoms with Crippen LogP contribution in [0.1, 0.15) is 71.3 Å². The quantitative estimate of drug-likeness (QED) is 0.442. The Kier molecular flexibility index (Phi) is 6.25. The summed E-state index contributed by atoms with van der Waals surface area (Å²) >= 11 is 0. The van der Waals surface area contributed by atoms with E-state index in [1.807, 2.05) is 20.8 Å². The highest BCUT2D eigenvalue weighted by Gasteiger charge is 2.27. The maximum atomic E-state index is 13.4. The number of ketones is 1. The summed E-state index contributed by atoms with van der Waals surface area (Å²) in [5.41, 5.74) is 4.99. The van der Waals surface area contributed by atoms with Crippen molar-refractivity contribution in [3.63, 3.8) is 0 Å². The van der Waals surface area contributed by atoms with Crippen LogP contribution in [0.4, 0.5) is 5.69 Å². The monoisotopic (exact) mass is 409 g/mol. The molecule has 0 heterocycles. The molecule has 0 spiro atoms. The number of benzene rings is 2. The van der Waals surface area contributed by atoms with Crippen LogP contribution in [0, 0.1) is 6.92 Å². The largest absolute Gasteiger partial charge is 0.508 e. The molecule has 0 fully saturated rings. The highest BCUT2D eigenvalue weighted by atomic mass is 16.5. The zero-order chi connectivity index (χ0) is 22.0. The van der Waals surface area contributed by atoms with Crippen LogP contribution in [0.5, 0.6) is 5.75 Å². The van der Waals surface area contributed by atoms with Crippen LogP contribution in [0.15, 0.2) is 24.3 Å². The Balaban J connectivity index is 2.01. The van der Waals surface area contributed by atoms with Gasteiger partial charge in [0, 0.05) is 16.8 Å². The molecule has 1 amide bonds. The molecule has 0 radical (unpaired) electrons. The van der Waals surface area contributed by atoms with Crippen molar-refractivity contribution in [2.24, 2.45) is 0 Å². The van der Waals surface area contributed by atoms with E-state index < -0.39 is 11.9 Å². The predicted molar refractivity (Wildman–Crippen MR) is 114 cm³/mol. The first-order valence-electron chi connectivity index (χ1n) is 10.3. The number of carbonyl (C=O) groups is 3. The SMILES string of the molecule is CCOC(=O)C(=O)Nc1cc(C)c(C(=O)c2ccc(O)c(C(C)C)c2)c2c1CCC2. The normalized spacial score (nSPS) is 12.6. The van der Waals surface area contributed by atoms with Crippen molar-refractivity contribution in [3.8, 4) is 5.75 Å². The topological polar surface area (TPSA) is 92.7 Å². The summed E-state index contributed by atoms with van der Waals surface area (Å²) in [4.78, 5) is 37.2. The number of phenols is 1. The Morgan fingerprint density at radius 3 is 2.50 bits per heavy atom. The molecule has 30 heavy (non-hydrogen) atoms. The van der Waals surface area contributed by atoms with Gasteiger partial charge in [-0.1, -0.05) is 13.8 Å². The third-order valence-corrected chi connectivity index (χ3v) is 5.45. The number of fused-ring (bicyclic) bond motifs is 1. The average Bonchev–Trinajstić information content (AvgIpc) is 3.17. The molecular formula is C24H27NO5. The first-order valence-corrected chi connectivity index (χ1v) is 10.3. The van der Waals surface area contributed by atoms with Crippen molar-refractivity contribution in [2.45, 2.75) is 52.9 Å². The van der Waals surface area contributed by atoms with Crippen LogP contribution in [0.3, 0.4) is 0 Å². The fourth-order valence-electron chi connectivity index (χ4n) is 4.03. The van der Waals surface area contributed by atoms with Gasteiger partial charge in [-0.25, -0.2) is 4.79 Å². The molecule has 1 aliphatic rings. The number of aromatic hydroxyl groups is 1. The van der Waals surface area contributed by atoms with Gasteiger partial charge in [-0.2, -0.15) is 0 Å². The summed E-state index contributed by atoms with van der Waals surface area (Å²) in [6, 6.07) is 6.70. The molecule has 0 saturated carbocycles. The standard InChI is InChI=1S/C24H27NO5/c1-5-30-24(29)23(28)25-19-11-14(4)21(17-8-6-7-16(17)19)22(27)15-9-10-20(26)18(12-15)13(2)3/h9-13,26H,5-8H2,1-4H3,(H,25,28). The lowest BCUT2D eigenvalue weighted by atomic mass is 9.89. The highest BCUT2D eigenvalue weighted by molar-refractivity contribution is 6.37. The van der Waals surface area contributed by atoms with Gasteiger partial charge in [0.25, 0.3) is 0 Å². The molecule has 1 aliphatic carbocycles. The lowest BCUT2D eigenvalue weighted by Gasteiger charge is -2.17. The molecule has 0 bridgehead atoms. The number of aryl methyl sites for hydroxylation is 1.